The fourth-order valence-electron chi connectivity index (χ4n) is 2.17. The van der Waals surface area contributed by atoms with Gasteiger partial charge in [-0.15, -0.1) is 0 Å². The van der Waals surface area contributed by atoms with Crippen LogP contribution in [0.3, 0.4) is 0 Å². The van der Waals surface area contributed by atoms with Crippen LogP contribution in [0, 0.1) is 0 Å². The van der Waals surface area contributed by atoms with Gasteiger partial charge in [-0.3, -0.25) is 4.57 Å². The molecule has 102 valence electrons. The number of anilines is 1. The molecule has 0 aromatic carbocycles. The summed E-state index contributed by atoms with van der Waals surface area (Å²) < 4.78 is 6.85. The van der Waals surface area contributed by atoms with Gasteiger partial charge in [-0.1, -0.05) is 0 Å². The molecule has 0 spiro atoms. The average Bonchev–Trinajstić information content (AvgIpc) is 2.94. The van der Waals surface area contributed by atoms with Crippen molar-refractivity contribution in [2.75, 3.05) is 12.3 Å². The Morgan fingerprint density at radius 1 is 1.26 bits per heavy atom. The summed E-state index contributed by atoms with van der Waals surface area (Å²) in [4.78, 5) is 11.9. The van der Waals surface area contributed by atoms with Crippen molar-refractivity contribution in [1.29, 1.82) is 0 Å². The van der Waals surface area contributed by atoms with Crippen LogP contribution in [0.5, 0.6) is 0 Å². The van der Waals surface area contributed by atoms with Gasteiger partial charge in [0.1, 0.15) is 30.2 Å². The highest BCUT2D eigenvalue weighted by molar-refractivity contribution is 5.81. The first-order chi connectivity index (χ1) is 9.13. The first kappa shape index (κ1) is 12.2. The molecule has 1 aliphatic heterocycles. The van der Waals surface area contributed by atoms with E-state index < -0.39 is 31.1 Å². The molecule has 4 atom stereocenters. The van der Waals surface area contributed by atoms with E-state index in [2.05, 4.69) is 15.0 Å². The number of imidazole rings is 1. The quantitative estimate of drug-likeness (QED) is 0.490. The molecule has 3 heterocycles. The van der Waals surface area contributed by atoms with Gasteiger partial charge in [0.15, 0.2) is 17.7 Å². The predicted octanol–water partition coefficient (Wildman–Crippen LogP) is -1.98. The molecular weight excluding hydrogens is 253 g/mol. The number of nitrogens with zero attached hydrogens (tertiary/aromatic N) is 4. The minimum Gasteiger partial charge on any atom is -0.394 e. The van der Waals surface area contributed by atoms with Crippen LogP contribution in [-0.4, -0.2) is 59.8 Å². The Morgan fingerprint density at radius 3 is 2.74 bits per heavy atom. The van der Waals surface area contributed by atoms with Crippen molar-refractivity contribution < 1.29 is 20.1 Å². The maximum absolute atomic E-state index is 9.95. The Labute approximate surface area is 107 Å². The molecule has 3 rings (SSSR count). The smallest absolute Gasteiger partial charge is 0.167 e. The molecule has 0 unspecified atom stereocenters. The Kier molecular flexibility index (Phi) is 2.82. The molecule has 2 aromatic heterocycles. The summed E-state index contributed by atoms with van der Waals surface area (Å²) in [7, 11) is 0. The molecule has 5 N–H and O–H groups in total. The standard InChI is InChI=1S/C10H13N5O4/c11-8-5-9(13-2-12-8)15(3-14-5)10-7(18)6(17)4(1-16)19-10/h2-4,6-7,10,16-18H,1H2,(H2,11,12,13)/t4-,6-,7-,10-/m1/s1/i10-1. The summed E-state index contributed by atoms with van der Waals surface area (Å²) in [6.45, 7) is -0.390. The van der Waals surface area contributed by atoms with Crippen molar-refractivity contribution >= 4 is 17.0 Å². The number of rotatable bonds is 2. The maximum atomic E-state index is 9.95. The number of aromatic nitrogens is 4. The lowest BCUT2D eigenvalue weighted by atomic mass is 9.85. The lowest BCUT2D eigenvalue weighted by Crippen LogP contribution is -2.33. The molecule has 2 aromatic rings. The largest absolute Gasteiger partial charge is 0.394 e. The van der Waals surface area contributed by atoms with Gasteiger partial charge in [-0.2, -0.15) is 0 Å². The lowest BCUT2D eigenvalue weighted by molar-refractivity contribution is -0.0511. The monoisotopic (exact) mass is 266 g/mol. The third-order valence-electron chi connectivity index (χ3n) is 3.18. The van der Waals surface area contributed by atoms with Crippen LogP contribution in [0.1, 0.15) is 6.23 Å². The van der Waals surface area contributed by atoms with Gasteiger partial charge in [0.25, 0.3) is 0 Å². The van der Waals surface area contributed by atoms with Crippen LogP contribution in [-0.2, 0) is 4.74 Å². The van der Waals surface area contributed by atoms with E-state index in [1.165, 1.54) is 17.2 Å². The summed E-state index contributed by atoms with van der Waals surface area (Å²) >= 11 is 0. The zero-order chi connectivity index (χ0) is 13.6. The van der Waals surface area contributed by atoms with Crippen LogP contribution in [0.4, 0.5) is 5.82 Å². The van der Waals surface area contributed by atoms with Gasteiger partial charge in [-0.25, -0.2) is 15.0 Å². The van der Waals surface area contributed by atoms with Crippen molar-refractivity contribution in [3.8, 4) is 0 Å². The third kappa shape index (κ3) is 1.75. The summed E-state index contributed by atoms with van der Waals surface area (Å²) in [6.07, 6.45) is -1.42. The second-order valence-electron chi connectivity index (χ2n) is 4.31. The highest BCUT2D eigenvalue weighted by Crippen LogP contribution is 2.31. The zero-order valence-electron chi connectivity index (χ0n) is 9.79. The molecule has 0 amide bonds. The number of hydrogen-bond acceptors (Lipinski definition) is 8. The van der Waals surface area contributed by atoms with Crippen LogP contribution < -0.4 is 5.73 Å². The van der Waals surface area contributed by atoms with E-state index in [4.69, 9.17) is 15.6 Å². The Bertz CT molecular complexity index is 603. The Morgan fingerprint density at radius 2 is 2.05 bits per heavy atom. The van der Waals surface area contributed by atoms with E-state index in [9.17, 15) is 10.2 Å². The van der Waals surface area contributed by atoms with Crippen molar-refractivity contribution in [3.05, 3.63) is 12.7 Å². The average molecular weight is 266 g/mol. The molecule has 0 bridgehead atoms. The van der Waals surface area contributed by atoms with Gasteiger partial charge in [0, 0.05) is 0 Å². The Balaban J connectivity index is 2.04. The fraction of sp³-hybridized carbons (Fsp3) is 0.500. The van der Waals surface area contributed by atoms with Crippen LogP contribution in [0.2, 0.25) is 0 Å². The third-order valence-corrected chi connectivity index (χ3v) is 3.18. The molecular formula is C10H13N5O4. The predicted molar refractivity (Wildman–Crippen MR) is 62.7 cm³/mol. The highest BCUT2D eigenvalue weighted by atomic mass is 16.5. The summed E-state index contributed by atoms with van der Waals surface area (Å²) in [5.74, 6) is 0.218. The molecule has 1 saturated heterocycles. The minimum absolute atomic E-state index is 0.218. The van der Waals surface area contributed by atoms with Gasteiger partial charge in [0.05, 0.1) is 12.9 Å². The number of nitrogen functional groups attached to an aromatic ring is 1. The maximum Gasteiger partial charge on any atom is 0.167 e. The van der Waals surface area contributed by atoms with Crippen molar-refractivity contribution in [2.24, 2.45) is 0 Å². The van der Waals surface area contributed by atoms with Crippen molar-refractivity contribution in [3.63, 3.8) is 0 Å². The van der Waals surface area contributed by atoms with Crippen LogP contribution >= 0.6 is 0 Å². The van der Waals surface area contributed by atoms with Crippen LogP contribution in [0.15, 0.2) is 12.7 Å². The van der Waals surface area contributed by atoms with Gasteiger partial charge in [-0.05, 0) is 0 Å². The second kappa shape index (κ2) is 4.38. The van der Waals surface area contributed by atoms with E-state index in [1.54, 1.807) is 0 Å². The first-order valence-electron chi connectivity index (χ1n) is 5.69. The molecule has 0 radical (unpaired) electrons. The number of fused-ring (bicyclic) bond motifs is 1. The molecule has 1 aliphatic rings. The first-order valence-corrected chi connectivity index (χ1v) is 5.69. The number of aliphatic hydroxyl groups is 3. The van der Waals surface area contributed by atoms with E-state index >= 15 is 0 Å². The number of nitrogens with two attached hydrogens (primary N) is 1. The van der Waals surface area contributed by atoms with Crippen molar-refractivity contribution in [1.82, 2.24) is 19.5 Å². The SMILES string of the molecule is Nc1ncnc2c1ncn2[11C@@H]1O[C@H](CO)[C@@H](O)[C@H]1O. The zero-order valence-corrected chi connectivity index (χ0v) is 9.79. The molecule has 0 aliphatic carbocycles. The number of hydrogen-bond donors (Lipinski definition) is 4. The normalized spacial score (nSPS) is 31.1. The van der Waals surface area contributed by atoms with Crippen LogP contribution in [0.25, 0.3) is 11.2 Å². The van der Waals surface area contributed by atoms with E-state index in [0.717, 1.165) is 0 Å². The van der Waals surface area contributed by atoms with E-state index in [0.29, 0.717) is 11.2 Å². The fourth-order valence-corrected chi connectivity index (χ4v) is 2.17. The number of ether oxygens (including phenoxy) is 1. The molecule has 1 fully saturated rings. The number of aliphatic hydroxyl groups excluding tert-OH is 3. The second-order valence-corrected chi connectivity index (χ2v) is 4.31. The van der Waals surface area contributed by atoms with Crippen molar-refractivity contribution in [2.45, 2.75) is 24.5 Å². The van der Waals surface area contributed by atoms with E-state index in [-0.39, 0.29) is 5.82 Å². The highest BCUT2D eigenvalue weighted by Gasteiger charge is 2.43. The van der Waals surface area contributed by atoms with Gasteiger partial charge >= 0.3 is 0 Å². The summed E-state index contributed by atoms with van der Waals surface area (Å²) in [5, 5.41) is 28.7. The van der Waals surface area contributed by atoms with Gasteiger partial charge < -0.3 is 25.8 Å². The molecule has 19 heavy (non-hydrogen) atoms. The molecule has 9 heteroatoms. The minimum atomic E-state index is -1.19. The summed E-state index contributed by atoms with van der Waals surface area (Å²) in [6, 6.07) is 0. The lowest BCUT2D eigenvalue weighted by Gasteiger charge is -2.16. The van der Waals surface area contributed by atoms with E-state index in [1.807, 2.05) is 0 Å². The Hall–Kier alpha value is -1.81. The van der Waals surface area contributed by atoms with Gasteiger partial charge in [0.2, 0.25) is 0 Å². The topological polar surface area (TPSA) is 140 Å². The molecule has 0 saturated carbocycles. The molecule has 9 nitrogen and oxygen atoms in total. The summed E-state index contributed by atoms with van der Waals surface area (Å²) in [5.41, 5.74) is 6.44.